The van der Waals surface area contributed by atoms with Crippen molar-refractivity contribution in [2.45, 2.75) is 26.8 Å². The highest BCUT2D eigenvalue weighted by molar-refractivity contribution is 5.80. The third-order valence-electron chi connectivity index (χ3n) is 3.63. The Morgan fingerprint density at radius 1 is 1.32 bits per heavy atom. The number of fused-ring (bicyclic) bond motifs is 1. The second-order valence-electron chi connectivity index (χ2n) is 5.82. The normalized spacial score (nSPS) is 11.5. The Kier molecular flexibility index (Phi) is 4.35. The molecule has 0 radical (unpaired) electrons. The SMILES string of the molecule is CC(C)(CCNC(=O)Cn1c(=O)[nH]c2ccccc21)C(=O)O. The average Bonchev–Trinajstić information content (AvgIpc) is 2.75. The van der Waals surface area contributed by atoms with Crippen molar-refractivity contribution in [2.24, 2.45) is 5.41 Å². The fourth-order valence-corrected chi connectivity index (χ4v) is 2.08. The first-order chi connectivity index (χ1) is 10.3. The lowest BCUT2D eigenvalue weighted by molar-refractivity contribution is -0.147. The summed E-state index contributed by atoms with van der Waals surface area (Å²) in [6.07, 6.45) is 0.316. The lowest BCUT2D eigenvalue weighted by atomic mass is 9.90. The minimum Gasteiger partial charge on any atom is -0.481 e. The van der Waals surface area contributed by atoms with E-state index >= 15 is 0 Å². The number of nitrogens with one attached hydrogen (secondary N) is 2. The molecule has 1 aromatic heterocycles. The van der Waals surface area contributed by atoms with E-state index in [-0.39, 0.29) is 24.7 Å². The van der Waals surface area contributed by atoms with Crippen LogP contribution in [0.2, 0.25) is 0 Å². The lowest BCUT2D eigenvalue weighted by Gasteiger charge is -2.18. The van der Waals surface area contributed by atoms with Crippen LogP contribution in [0.3, 0.4) is 0 Å². The fraction of sp³-hybridized carbons (Fsp3) is 0.400. The highest BCUT2D eigenvalue weighted by Gasteiger charge is 2.26. The van der Waals surface area contributed by atoms with E-state index in [4.69, 9.17) is 5.11 Å². The van der Waals surface area contributed by atoms with Crippen LogP contribution in [-0.4, -0.2) is 33.1 Å². The van der Waals surface area contributed by atoms with Gasteiger partial charge in [0.05, 0.1) is 16.4 Å². The number of aromatic amines is 1. The Morgan fingerprint density at radius 2 is 2.00 bits per heavy atom. The molecule has 0 spiro atoms. The smallest absolute Gasteiger partial charge is 0.326 e. The Hall–Kier alpha value is -2.57. The number of carboxylic acids is 1. The van der Waals surface area contributed by atoms with Gasteiger partial charge in [-0.15, -0.1) is 0 Å². The van der Waals surface area contributed by atoms with Crippen LogP contribution >= 0.6 is 0 Å². The molecule has 1 amide bonds. The molecular formula is C15H19N3O4. The first-order valence-electron chi connectivity index (χ1n) is 6.99. The van der Waals surface area contributed by atoms with Gasteiger partial charge in [-0.1, -0.05) is 12.1 Å². The third kappa shape index (κ3) is 3.36. The van der Waals surface area contributed by atoms with Crippen molar-refractivity contribution in [3.05, 3.63) is 34.7 Å². The van der Waals surface area contributed by atoms with Gasteiger partial charge in [0.2, 0.25) is 5.91 Å². The molecule has 0 aliphatic heterocycles. The molecular weight excluding hydrogens is 286 g/mol. The maximum absolute atomic E-state index is 11.9. The van der Waals surface area contributed by atoms with Crippen molar-refractivity contribution in [1.29, 1.82) is 0 Å². The van der Waals surface area contributed by atoms with Gasteiger partial charge in [0.1, 0.15) is 6.54 Å². The number of aromatic nitrogens is 2. The van der Waals surface area contributed by atoms with E-state index in [1.807, 2.05) is 0 Å². The minimum absolute atomic E-state index is 0.101. The van der Waals surface area contributed by atoms with Crippen molar-refractivity contribution < 1.29 is 14.7 Å². The topological polar surface area (TPSA) is 104 Å². The molecule has 0 fully saturated rings. The zero-order valence-corrected chi connectivity index (χ0v) is 12.5. The summed E-state index contributed by atoms with van der Waals surface area (Å²) in [6.45, 7) is 3.35. The molecule has 2 rings (SSSR count). The fourth-order valence-electron chi connectivity index (χ4n) is 2.08. The van der Waals surface area contributed by atoms with E-state index in [2.05, 4.69) is 10.3 Å². The number of benzene rings is 1. The number of hydrogen-bond donors (Lipinski definition) is 3. The molecule has 0 saturated heterocycles. The van der Waals surface area contributed by atoms with Gasteiger partial charge in [0, 0.05) is 6.54 Å². The van der Waals surface area contributed by atoms with E-state index in [9.17, 15) is 14.4 Å². The summed E-state index contributed by atoms with van der Waals surface area (Å²) in [6, 6.07) is 7.12. The molecule has 118 valence electrons. The molecule has 0 atom stereocenters. The van der Waals surface area contributed by atoms with Crippen molar-refractivity contribution in [3.63, 3.8) is 0 Å². The van der Waals surface area contributed by atoms with Gasteiger partial charge in [-0.3, -0.25) is 14.2 Å². The standard InChI is InChI=1S/C15H19N3O4/c1-15(2,13(20)21)7-8-16-12(19)9-18-11-6-4-3-5-10(11)17-14(18)22/h3-6H,7-9H2,1-2H3,(H,16,19)(H,17,22)(H,20,21). The first-order valence-corrected chi connectivity index (χ1v) is 6.99. The summed E-state index contributed by atoms with van der Waals surface area (Å²) in [7, 11) is 0. The lowest BCUT2D eigenvalue weighted by Crippen LogP contribution is -2.35. The van der Waals surface area contributed by atoms with Crippen LogP contribution in [0, 0.1) is 5.41 Å². The van der Waals surface area contributed by atoms with Gasteiger partial charge in [0.15, 0.2) is 0 Å². The molecule has 0 aliphatic carbocycles. The molecule has 7 nitrogen and oxygen atoms in total. The summed E-state index contributed by atoms with van der Waals surface area (Å²) < 4.78 is 1.35. The molecule has 7 heteroatoms. The number of nitrogens with zero attached hydrogens (tertiary/aromatic N) is 1. The highest BCUT2D eigenvalue weighted by Crippen LogP contribution is 2.19. The van der Waals surface area contributed by atoms with Crippen LogP contribution in [0.4, 0.5) is 0 Å². The molecule has 22 heavy (non-hydrogen) atoms. The summed E-state index contributed by atoms with van der Waals surface area (Å²) in [5.41, 5.74) is 0.0910. The minimum atomic E-state index is -0.908. The Morgan fingerprint density at radius 3 is 2.68 bits per heavy atom. The van der Waals surface area contributed by atoms with Crippen LogP contribution in [0.15, 0.2) is 29.1 Å². The average molecular weight is 305 g/mol. The van der Waals surface area contributed by atoms with Crippen LogP contribution < -0.4 is 11.0 Å². The number of rotatable bonds is 6. The van der Waals surface area contributed by atoms with Gasteiger partial charge < -0.3 is 15.4 Å². The molecule has 0 aliphatic rings. The number of carbonyl (C=O) groups excluding carboxylic acids is 1. The second-order valence-corrected chi connectivity index (χ2v) is 5.82. The van der Waals surface area contributed by atoms with E-state index in [1.54, 1.807) is 38.1 Å². The quantitative estimate of drug-likeness (QED) is 0.739. The zero-order valence-electron chi connectivity index (χ0n) is 12.5. The number of aliphatic carboxylic acids is 1. The van der Waals surface area contributed by atoms with Gasteiger partial charge >= 0.3 is 11.7 Å². The number of hydrogen-bond acceptors (Lipinski definition) is 3. The summed E-state index contributed by atoms with van der Waals surface area (Å²) in [5, 5.41) is 11.7. The summed E-state index contributed by atoms with van der Waals surface area (Å²) in [4.78, 5) is 37.4. The Bertz CT molecular complexity index is 757. The number of para-hydroxylation sites is 2. The van der Waals surface area contributed by atoms with Gasteiger partial charge in [0.25, 0.3) is 0 Å². The van der Waals surface area contributed by atoms with E-state index < -0.39 is 11.4 Å². The molecule has 1 aromatic carbocycles. The number of imidazole rings is 1. The van der Waals surface area contributed by atoms with Gasteiger partial charge in [-0.05, 0) is 32.4 Å². The monoisotopic (exact) mass is 305 g/mol. The number of carbonyl (C=O) groups is 2. The largest absolute Gasteiger partial charge is 0.481 e. The zero-order chi connectivity index (χ0) is 16.3. The maximum Gasteiger partial charge on any atom is 0.326 e. The molecule has 3 N–H and O–H groups in total. The molecule has 2 aromatic rings. The van der Waals surface area contributed by atoms with Crippen molar-refractivity contribution in [1.82, 2.24) is 14.9 Å². The van der Waals surface area contributed by atoms with E-state index in [1.165, 1.54) is 4.57 Å². The summed E-state index contributed by atoms with van der Waals surface area (Å²) >= 11 is 0. The molecule has 0 unspecified atom stereocenters. The number of amides is 1. The predicted octanol–water partition coefficient (Wildman–Crippen LogP) is 0.947. The van der Waals surface area contributed by atoms with Gasteiger partial charge in [-0.2, -0.15) is 0 Å². The van der Waals surface area contributed by atoms with Crippen molar-refractivity contribution in [3.8, 4) is 0 Å². The van der Waals surface area contributed by atoms with Crippen molar-refractivity contribution >= 4 is 22.9 Å². The summed E-state index contributed by atoms with van der Waals surface area (Å²) in [5.74, 6) is -1.23. The highest BCUT2D eigenvalue weighted by atomic mass is 16.4. The molecule has 1 heterocycles. The molecule has 0 bridgehead atoms. The van der Waals surface area contributed by atoms with Gasteiger partial charge in [-0.25, -0.2) is 4.79 Å². The Labute approximate surface area is 127 Å². The van der Waals surface area contributed by atoms with Crippen LogP contribution in [0.5, 0.6) is 0 Å². The van der Waals surface area contributed by atoms with E-state index in [0.717, 1.165) is 0 Å². The van der Waals surface area contributed by atoms with Crippen LogP contribution in [-0.2, 0) is 16.1 Å². The van der Waals surface area contributed by atoms with Crippen LogP contribution in [0.25, 0.3) is 11.0 Å². The first kappa shape index (κ1) is 15.8. The second kappa shape index (κ2) is 6.05. The Balaban J connectivity index is 1.99. The van der Waals surface area contributed by atoms with Crippen LogP contribution in [0.1, 0.15) is 20.3 Å². The maximum atomic E-state index is 11.9. The number of H-pyrrole nitrogens is 1. The predicted molar refractivity (Wildman–Crippen MR) is 81.6 cm³/mol. The number of carboxylic acid groups (broad SMARTS) is 1. The van der Waals surface area contributed by atoms with Crippen molar-refractivity contribution in [2.75, 3.05) is 6.54 Å². The van der Waals surface area contributed by atoms with E-state index in [0.29, 0.717) is 17.5 Å². The third-order valence-corrected chi connectivity index (χ3v) is 3.63. The molecule has 0 saturated carbocycles.